The minimum atomic E-state index is -0.781. The number of nitrogens with two attached hydrogens (primary N) is 1. The van der Waals surface area contributed by atoms with Crippen molar-refractivity contribution in [1.29, 1.82) is 0 Å². The van der Waals surface area contributed by atoms with Gasteiger partial charge in [0.15, 0.2) is 5.78 Å². The van der Waals surface area contributed by atoms with Crippen molar-refractivity contribution in [2.24, 2.45) is 5.73 Å². The van der Waals surface area contributed by atoms with Crippen LogP contribution in [0.1, 0.15) is 11.1 Å². The monoisotopic (exact) mass is 238 g/mol. The molecule has 1 aromatic carbocycles. The molecule has 0 unspecified atom stereocenters. The number of nitrogens with one attached hydrogen (secondary N) is 1. The first-order valence-corrected chi connectivity index (χ1v) is 5.91. The second-order valence-electron chi connectivity index (χ2n) is 4.00. The third-order valence-corrected chi connectivity index (χ3v) is 3.44. The van der Waals surface area contributed by atoms with Crippen LogP contribution in [0.15, 0.2) is 24.3 Å². The number of fused-ring (bicyclic) bond motifs is 1. The fourth-order valence-corrected chi connectivity index (χ4v) is 2.55. The first kappa shape index (κ1) is 11.6. The Morgan fingerprint density at radius 3 is 2.94 bits per heavy atom. The molecule has 1 aliphatic rings. The summed E-state index contributed by atoms with van der Waals surface area (Å²) in [7, 11) is 0. The number of carbonyl (C=O) groups excluding carboxylic acids is 1. The van der Waals surface area contributed by atoms with Crippen molar-refractivity contribution >= 4 is 17.4 Å². The van der Waals surface area contributed by atoms with Crippen LogP contribution in [0.5, 0.6) is 0 Å². The lowest BCUT2D eigenvalue weighted by Crippen LogP contribution is -2.58. The van der Waals surface area contributed by atoms with Crippen LogP contribution < -0.4 is 11.1 Å². The molecule has 0 bridgehead atoms. The van der Waals surface area contributed by atoms with Crippen molar-refractivity contribution in [1.82, 2.24) is 5.32 Å². The number of benzene rings is 1. The average molecular weight is 239 g/mol. The molecule has 0 saturated carbocycles. The molecule has 2 rings (SSSR count). The van der Waals surface area contributed by atoms with Crippen molar-refractivity contribution in [3.05, 3.63) is 35.4 Å². The molecule has 16 heavy (non-hydrogen) atoms. The van der Waals surface area contributed by atoms with Crippen molar-refractivity contribution in [2.45, 2.75) is 12.0 Å². The Balaban J connectivity index is 2.53. The Morgan fingerprint density at radius 1 is 1.50 bits per heavy atom. The fraction of sp³-hybridized carbons (Fsp3) is 0.417. The molecular formula is C12H15ClN2O. The van der Waals surface area contributed by atoms with E-state index in [1.54, 1.807) is 0 Å². The van der Waals surface area contributed by atoms with Crippen LogP contribution >= 0.6 is 11.6 Å². The first-order valence-electron chi connectivity index (χ1n) is 5.37. The smallest absolute Gasteiger partial charge is 0.173 e. The average Bonchev–Trinajstić information content (AvgIpc) is 2.37. The number of rotatable bonds is 3. The highest BCUT2D eigenvalue weighted by Crippen LogP contribution is 2.29. The Kier molecular flexibility index (Phi) is 3.28. The lowest BCUT2D eigenvalue weighted by Gasteiger charge is -2.37. The Labute approximate surface area is 100.0 Å². The van der Waals surface area contributed by atoms with Crippen LogP contribution in [-0.4, -0.2) is 24.8 Å². The number of ketones is 1. The Morgan fingerprint density at radius 2 is 2.25 bits per heavy atom. The molecule has 1 aromatic rings. The topological polar surface area (TPSA) is 55.1 Å². The van der Waals surface area contributed by atoms with Gasteiger partial charge in [0.1, 0.15) is 5.54 Å². The van der Waals surface area contributed by atoms with Crippen LogP contribution in [0.2, 0.25) is 0 Å². The van der Waals surface area contributed by atoms with E-state index in [9.17, 15) is 4.79 Å². The molecule has 86 valence electrons. The maximum Gasteiger partial charge on any atom is 0.173 e. The van der Waals surface area contributed by atoms with Crippen molar-refractivity contribution in [2.75, 3.05) is 19.0 Å². The number of carbonyl (C=O) groups is 1. The van der Waals surface area contributed by atoms with Gasteiger partial charge in [0.2, 0.25) is 0 Å². The minimum absolute atomic E-state index is 0.0153. The number of alkyl halides is 1. The predicted octanol–water partition coefficient (Wildman–Crippen LogP) is 0.794. The largest absolute Gasteiger partial charge is 0.328 e. The molecule has 0 radical (unpaired) electrons. The molecule has 0 aromatic heterocycles. The maximum absolute atomic E-state index is 12.0. The summed E-state index contributed by atoms with van der Waals surface area (Å²) < 4.78 is 0. The molecule has 1 atom stereocenters. The van der Waals surface area contributed by atoms with Gasteiger partial charge < -0.3 is 5.73 Å². The van der Waals surface area contributed by atoms with E-state index in [-0.39, 0.29) is 18.2 Å². The van der Waals surface area contributed by atoms with Crippen LogP contribution in [0.4, 0.5) is 0 Å². The van der Waals surface area contributed by atoms with Gasteiger partial charge in [-0.15, -0.1) is 11.6 Å². The van der Waals surface area contributed by atoms with Crippen LogP contribution in [0.25, 0.3) is 0 Å². The third-order valence-electron chi connectivity index (χ3n) is 3.20. The SMILES string of the molecule is NC[C@]1(C(=O)CCl)NCCc2ccccc21. The van der Waals surface area contributed by atoms with E-state index in [0.29, 0.717) is 0 Å². The van der Waals surface area contributed by atoms with Gasteiger partial charge in [-0.2, -0.15) is 0 Å². The molecule has 3 nitrogen and oxygen atoms in total. The molecule has 0 amide bonds. The molecule has 0 saturated heterocycles. The molecular weight excluding hydrogens is 224 g/mol. The standard InChI is InChI=1S/C12H15ClN2O/c13-7-11(16)12(8-14)10-4-2-1-3-9(10)5-6-15-12/h1-4,15H,5-8,14H2/t12-/m0/s1. The van der Waals surface area contributed by atoms with Gasteiger partial charge in [-0.05, 0) is 17.5 Å². The molecule has 0 fully saturated rings. The summed E-state index contributed by atoms with van der Waals surface area (Å²) in [5, 5.41) is 3.23. The lowest BCUT2D eigenvalue weighted by atomic mass is 9.79. The molecule has 1 heterocycles. The molecule has 0 aliphatic carbocycles. The molecule has 1 aliphatic heterocycles. The summed E-state index contributed by atoms with van der Waals surface area (Å²) in [4.78, 5) is 12.0. The Hall–Kier alpha value is -0.900. The minimum Gasteiger partial charge on any atom is -0.328 e. The summed E-state index contributed by atoms with van der Waals surface area (Å²) in [5.41, 5.74) is 7.17. The third kappa shape index (κ3) is 1.65. The molecule has 3 N–H and O–H groups in total. The van der Waals surface area contributed by atoms with Gasteiger partial charge in [0.25, 0.3) is 0 Å². The van der Waals surface area contributed by atoms with Gasteiger partial charge >= 0.3 is 0 Å². The summed E-state index contributed by atoms with van der Waals surface area (Å²) in [6.45, 7) is 1.01. The quantitative estimate of drug-likeness (QED) is 0.766. The molecule has 0 spiro atoms. The van der Waals surface area contributed by atoms with E-state index in [2.05, 4.69) is 5.32 Å². The number of halogens is 1. The second kappa shape index (κ2) is 4.53. The lowest BCUT2D eigenvalue weighted by molar-refractivity contribution is -0.123. The summed E-state index contributed by atoms with van der Waals surface area (Å²) in [6, 6.07) is 7.91. The van der Waals surface area contributed by atoms with E-state index in [1.807, 2.05) is 24.3 Å². The zero-order chi connectivity index (χ0) is 11.6. The van der Waals surface area contributed by atoms with Gasteiger partial charge in [-0.3, -0.25) is 10.1 Å². The zero-order valence-electron chi connectivity index (χ0n) is 9.00. The van der Waals surface area contributed by atoms with E-state index >= 15 is 0 Å². The zero-order valence-corrected chi connectivity index (χ0v) is 9.76. The van der Waals surface area contributed by atoms with Crippen LogP contribution in [0.3, 0.4) is 0 Å². The normalized spacial score (nSPS) is 23.9. The van der Waals surface area contributed by atoms with Gasteiger partial charge in [-0.1, -0.05) is 24.3 Å². The Bertz CT molecular complexity index is 408. The highest BCUT2D eigenvalue weighted by atomic mass is 35.5. The van der Waals surface area contributed by atoms with Gasteiger partial charge in [0, 0.05) is 13.1 Å². The van der Waals surface area contributed by atoms with E-state index in [4.69, 9.17) is 17.3 Å². The summed E-state index contributed by atoms with van der Waals surface area (Å²) in [6.07, 6.45) is 0.924. The number of hydrogen-bond acceptors (Lipinski definition) is 3. The number of hydrogen-bond donors (Lipinski definition) is 2. The molecule has 4 heteroatoms. The fourth-order valence-electron chi connectivity index (χ4n) is 2.32. The van der Waals surface area contributed by atoms with E-state index in [0.717, 1.165) is 18.5 Å². The highest BCUT2D eigenvalue weighted by Gasteiger charge is 2.40. The van der Waals surface area contributed by atoms with Crippen LogP contribution in [0, 0.1) is 0 Å². The first-order chi connectivity index (χ1) is 7.74. The maximum atomic E-state index is 12.0. The second-order valence-corrected chi connectivity index (χ2v) is 4.27. The summed E-state index contributed by atoms with van der Waals surface area (Å²) in [5.74, 6) is -0.0674. The predicted molar refractivity (Wildman–Crippen MR) is 64.6 cm³/mol. The van der Waals surface area contributed by atoms with Crippen molar-refractivity contribution in [3.63, 3.8) is 0 Å². The van der Waals surface area contributed by atoms with E-state index < -0.39 is 5.54 Å². The highest BCUT2D eigenvalue weighted by molar-refractivity contribution is 6.29. The van der Waals surface area contributed by atoms with E-state index in [1.165, 1.54) is 5.56 Å². The van der Waals surface area contributed by atoms with Crippen molar-refractivity contribution < 1.29 is 4.79 Å². The van der Waals surface area contributed by atoms with Gasteiger partial charge in [-0.25, -0.2) is 0 Å². The van der Waals surface area contributed by atoms with Crippen LogP contribution in [-0.2, 0) is 16.8 Å². The van der Waals surface area contributed by atoms with Crippen molar-refractivity contribution in [3.8, 4) is 0 Å². The van der Waals surface area contributed by atoms with Gasteiger partial charge in [0.05, 0.1) is 5.88 Å². The summed E-state index contributed by atoms with van der Waals surface area (Å²) >= 11 is 5.68. The number of Topliss-reactive ketones (excluding diaryl/α,β-unsaturated/α-hetero) is 1.